The number of ether oxygens (including phenoxy) is 1. The largest absolute Gasteiger partial charge is 0.481 e. The number of ketones is 1. The Morgan fingerprint density at radius 1 is 1.24 bits per heavy atom. The third kappa shape index (κ3) is 6.29. The quantitative estimate of drug-likeness (QED) is 0.355. The molecule has 0 aliphatic carbocycles. The average molecular weight is 246 g/mol. The number of rotatable bonds is 7. The van der Waals surface area contributed by atoms with Gasteiger partial charge in [-0.25, -0.2) is 4.79 Å². The standard InChI is InChI=1S/C10H15NO6/c1-3-17-10(16)9(11-6(2)12)7(13)4-5-8(14)15/h9H,3-5H2,1-2H3,(H,11,12)(H,14,15)/i5+1. The summed E-state index contributed by atoms with van der Waals surface area (Å²) in [5, 5.41) is 10.5. The number of nitrogens with one attached hydrogen (secondary N) is 1. The van der Waals surface area contributed by atoms with Crippen LogP contribution in [0.1, 0.15) is 26.7 Å². The molecule has 96 valence electrons. The van der Waals surface area contributed by atoms with Crippen LogP contribution in [-0.2, 0) is 23.9 Å². The third-order valence-corrected chi connectivity index (χ3v) is 1.78. The summed E-state index contributed by atoms with van der Waals surface area (Å²) in [6, 6.07) is -1.42. The van der Waals surface area contributed by atoms with E-state index in [1.165, 1.54) is 0 Å². The Hall–Kier alpha value is -1.92. The predicted molar refractivity (Wildman–Crippen MR) is 56.1 cm³/mol. The molecule has 0 aromatic rings. The van der Waals surface area contributed by atoms with E-state index >= 15 is 0 Å². The Labute approximate surface area is 98.1 Å². The highest BCUT2D eigenvalue weighted by Crippen LogP contribution is 2.00. The zero-order chi connectivity index (χ0) is 13.4. The number of carbonyl (C=O) groups excluding carboxylic acids is 3. The molecule has 0 fully saturated rings. The van der Waals surface area contributed by atoms with Crippen LogP contribution in [0.2, 0.25) is 0 Å². The summed E-state index contributed by atoms with van der Waals surface area (Å²) in [4.78, 5) is 44.0. The van der Waals surface area contributed by atoms with Gasteiger partial charge in [0.1, 0.15) is 0 Å². The molecular weight excluding hydrogens is 231 g/mol. The van der Waals surface area contributed by atoms with E-state index in [0.29, 0.717) is 0 Å². The normalized spacial score (nSPS) is 11.4. The fourth-order valence-electron chi connectivity index (χ4n) is 1.07. The lowest BCUT2D eigenvalue weighted by Gasteiger charge is -2.14. The first kappa shape index (κ1) is 15.1. The van der Waals surface area contributed by atoms with Crippen molar-refractivity contribution in [3.8, 4) is 0 Å². The third-order valence-electron chi connectivity index (χ3n) is 1.78. The molecule has 0 heterocycles. The molecule has 0 aromatic heterocycles. The Balaban J connectivity index is 4.55. The van der Waals surface area contributed by atoms with Crippen LogP contribution in [0.4, 0.5) is 0 Å². The van der Waals surface area contributed by atoms with Gasteiger partial charge in [-0.1, -0.05) is 0 Å². The molecule has 1 unspecified atom stereocenters. The number of aliphatic carboxylic acids is 1. The van der Waals surface area contributed by atoms with Crippen molar-refractivity contribution in [3.63, 3.8) is 0 Å². The van der Waals surface area contributed by atoms with Gasteiger partial charge in [-0.3, -0.25) is 14.4 Å². The van der Waals surface area contributed by atoms with Crippen LogP contribution in [0.15, 0.2) is 0 Å². The van der Waals surface area contributed by atoms with Crippen LogP contribution >= 0.6 is 0 Å². The topological polar surface area (TPSA) is 110 Å². The van der Waals surface area contributed by atoms with Gasteiger partial charge in [0.05, 0.1) is 13.0 Å². The number of carbonyl (C=O) groups is 4. The van der Waals surface area contributed by atoms with Crippen molar-refractivity contribution >= 4 is 23.6 Å². The first-order chi connectivity index (χ1) is 7.88. The molecule has 17 heavy (non-hydrogen) atoms. The predicted octanol–water partition coefficient (Wildman–Crippen LogP) is -0.512. The van der Waals surface area contributed by atoms with E-state index in [-0.39, 0.29) is 13.0 Å². The van der Waals surface area contributed by atoms with Crippen LogP contribution in [0, 0.1) is 0 Å². The number of amides is 1. The van der Waals surface area contributed by atoms with Gasteiger partial charge in [0, 0.05) is 13.3 Å². The van der Waals surface area contributed by atoms with Crippen molar-refractivity contribution in [1.82, 2.24) is 5.32 Å². The first-order valence-electron chi connectivity index (χ1n) is 5.06. The summed E-state index contributed by atoms with van der Waals surface area (Å²) < 4.78 is 4.61. The molecule has 0 aliphatic heterocycles. The first-order valence-corrected chi connectivity index (χ1v) is 5.06. The van der Waals surface area contributed by atoms with Crippen LogP contribution in [0.5, 0.6) is 0 Å². The molecule has 0 spiro atoms. The maximum absolute atomic E-state index is 11.5. The summed E-state index contributed by atoms with van der Waals surface area (Å²) >= 11 is 0. The minimum Gasteiger partial charge on any atom is -0.481 e. The molecule has 1 amide bonds. The number of carboxylic acid groups (broad SMARTS) is 1. The van der Waals surface area contributed by atoms with Gasteiger partial charge in [-0.2, -0.15) is 0 Å². The van der Waals surface area contributed by atoms with Crippen molar-refractivity contribution in [2.45, 2.75) is 32.7 Å². The summed E-state index contributed by atoms with van der Waals surface area (Å²) in [6.45, 7) is 2.78. The van der Waals surface area contributed by atoms with Crippen molar-refractivity contribution in [2.75, 3.05) is 6.61 Å². The molecule has 0 aromatic carbocycles. The molecule has 0 radical (unpaired) electrons. The summed E-state index contributed by atoms with van der Waals surface area (Å²) in [6.07, 6.45) is -0.729. The van der Waals surface area contributed by atoms with Gasteiger partial charge in [-0.15, -0.1) is 0 Å². The molecule has 7 heteroatoms. The molecule has 0 rings (SSSR count). The smallest absolute Gasteiger partial charge is 0.336 e. The zero-order valence-electron chi connectivity index (χ0n) is 9.69. The van der Waals surface area contributed by atoms with Crippen molar-refractivity contribution in [1.29, 1.82) is 0 Å². The lowest BCUT2D eigenvalue weighted by atomic mass is 10.1. The number of esters is 1. The Kier molecular flexibility index (Phi) is 6.54. The van der Waals surface area contributed by atoms with E-state index < -0.39 is 36.1 Å². The monoisotopic (exact) mass is 246 g/mol. The molecule has 2 N–H and O–H groups in total. The van der Waals surface area contributed by atoms with Gasteiger partial charge >= 0.3 is 11.9 Å². The maximum atomic E-state index is 11.5. The highest BCUT2D eigenvalue weighted by molar-refractivity contribution is 6.06. The van der Waals surface area contributed by atoms with Crippen LogP contribution in [0.3, 0.4) is 0 Å². The molecular formula is C10H15NO6. The Morgan fingerprint density at radius 2 is 1.82 bits per heavy atom. The van der Waals surface area contributed by atoms with E-state index in [9.17, 15) is 19.2 Å². The molecule has 0 saturated heterocycles. The van der Waals surface area contributed by atoms with E-state index in [0.717, 1.165) is 6.92 Å². The van der Waals surface area contributed by atoms with E-state index in [1.54, 1.807) is 6.92 Å². The fraction of sp³-hybridized carbons (Fsp3) is 0.600. The lowest BCUT2D eigenvalue weighted by Crippen LogP contribution is -2.46. The van der Waals surface area contributed by atoms with Crippen molar-refractivity contribution < 1.29 is 29.0 Å². The van der Waals surface area contributed by atoms with Gasteiger partial charge in [0.15, 0.2) is 11.8 Å². The summed E-state index contributed by atoms with van der Waals surface area (Å²) in [5.41, 5.74) is 0. The second-order valence-corrected chi connectivity index (χ2v) is 3.25. The van der Waals surface area contributed by atoms with Gasteiger partial charge < -0.3 is 15.2 Å². The van der Waals surface area contributed by atoms with Crippen LogP contribution in [0.25, 0.3) is 0 Å². The SMILES string of the molecule is CCOC(=O)C(NC(C)=O)C(=O)C[13CH2]C(=O)O. The second-order valence-electron chi connectivity index (χ2n) is 3.25. The number of hydrogen-bond donors (Lipinski definition) is 2. The van der Waals surface area contributed by atoms with Gasteiger partial charge in [-0.05, 0) is 6.92 Å². The van der Waals surface area contributed by atoms with E-state index in [1.807, 2.05) is 0 Å². The number of hydrogen-bond acceptors (Lipinski definition) is 5. The minimum atomic E-state index is -1.42. The van der Waals surface area contributed by atoms with E-state index in [2.05, 4.69) is 10.1 Å². The van der Waals surface area contributed by atoms with Gasteiger partial charge in [0.25, 0.3) is 0 Å². The number of Topliss-reactive ketones (excluding diaryl/α,β-unsaturated/α-hetero) is 1. The van der Waals surface area contributed by atoms with E-state index in [4.69, 9.17) is 5.11 Å². The molecule has 0 saturated carbocycles. The highest BCUT2D eigenvalue weighted by Gasteiger charge is 2.28. The average Bonchev–Trinajstić information content (AvgIpc) is 2.22. The Bertz CT molecular complexity index is 325. The molecule has 7 nitrogen and oxygen atoms in total. The zero-order valence-corrected chi connectivity index (χ0v) is 9.69. The lowest BCUT2D eigenvalue weighted by molar-refractivity contribution is -0.151. The van der Waals surface area contributed by atoms with Crippen LogP contribution < -0.4 is 5.32 Å². The molecule has 0 bridgehead atoms. The van der Waals surface area contributed by atoms with Crippen molar-refractivity contribution in [2.24, 2.45) is 0 Å². The number of carboxylic acids is 1. The fourth-order valence-corrected chi connectivity index (χ4v) is 1.07. The summed E-state index contributed by atoms with van der Waals surface area (Å²) in [7, 11) is 0. The maximum Gasteiger partial charge on any atom is 0.336 e. The summed E-state index contributed by atoms with van der Waals surface area (Å²) in [5.74, 6) is -3.27. The molecule has 0 aliphatic rings. The second kappa shape index (κ2) is 7.37. The molecule has 1 atom stereocenters. The highest BCUT2D eigenvalue weighted by atomic mass is 16.5. The minimum absolute atomic E-state index is 0.0706. The van der Waals surface area contributed by atoms with Crippen molar-refractivity contribution in [3.05, 3.63) is 0 Å². The Morgan fingerprint density at radius 3 is 2.24 bits per heavy atom. The van der Waals surface area contributed by atoms with Gasteiger partial charge in [0.2, 0.25) is 5.91 Å². The van der Waals surface area contributed by atoms with Crippen LogP contribution in [-0.4, -0.2) is 41.4 Å².